The molecule has 0 aromatic rings. The van der Waals surface area contributed by atoms with E-state index in [9.17, 15) is 0 Å². The lowest BCUT2D eigenvalue weighted by Gasteiger charge is -2.33. The predicted octanol–water partition coefficient (Wildman–Crippen LogP) is 1.03. The smallest absolute Gasteiger partial charge is 0.0471 e. The SMILES string of the molecule is CCN(CC)CCN1CCCC(CO)C1. The Morgan fingerprint density at radius 3 is 2.67 bits per heavy atom. The first-order valence-corrected chi connectivity index (χ1v) is 6.35. The van der Waals surface area contributed by atoms with E-state index in [1.54, 1.807) is 0 Å². The van der Waals surface area contributed by atoms with Crippen LogP contribution in [0.1, 0.15) is 26.7 Å². The first-order chi connectivity index (χ1) is 7.30. The van der Waals surface area contributed by atoms with Gasteiger partial charge in [0.2, 0.25) is 0 Å². The summed E-state index contributed by atoms with van der Waals surface area (Å²) in [6, 6.07) is 0. The number of aliphatic hydroxyl groups excluding tert-OH is 1. The number of hydrogen-bond acceptors (Lipinski definition) is 3. The molecule has 0 aromatic heterocycles. The molecule has 0 radical (unpaired) electrons. The molecule has 1 aliphatic heterocycles. The minimum Gasteiger partial charge on any atom is -0.396 e. The highest BCUT2D eigenvalue weighted by molar-refractivity contribution is 4.73. The van der Waals surface area contributed by atoms with E-state index in [0.717, 1.165) is 26.2 Å². The van der Waals surface area contributed by atoms with Crippen molar-refractivity contribution in [3.63, 3.8) is 0 Å². The van der Waals surface area contributed by atoms with E-state index >= 15 is 0 Å². The van der Waals surface area contributed by atoms with Crippen LogP contribution in [0.3, 0.4) is 0 Å². The number of hydrogen-bond donors (Lipinski definition) is 1. The third-order valence-corrected chi connectivity index (χ3v) is 3.49. The summed E-state index contributed by atoms with van der Waals surface area (Å²) in [7, 11) is 0. The number of aliphatic hydroxyl groups is 1. The van der Waals surface area contributed by atoms with Crippen LogP contribution in [0.25, 0.3) is 0 Å². The van der Waals surface area contributed by atoms with Crippen molar-refractivity contribution in [1.82, 2.24) is 9.80 Å². The molecule has 1 saturated heterocycles. The van der Waals surface area contributed by atoms with E-state index in [1.165, 1.54) is 25.9 Å². The van der Waals surface area contributed by atoms with Crippen molar-refractivity contribution >= 4 is 0 Å². The maximum Gasteiger partial charge on any atom is 0.0471 e. The average Bonchev–Trinajstić information content (AvgIpc) is 2.31. The lowest BCUT2D eigenvalue weighted by atomic mass is 9.99. The van der Waals surface area contributed by atoms with Gasteiger partial charge in [-0.1, -0.05) is 13.8 Å². The summed E-state index contributed by atoms with van der Waals surface area (Å²) < 4.78 is 0. The van der Waals surface area contributed by atoms with Crippen LogP contribution in [0.2, 0.25) is 0 Å². The van der Waals surface area contributed by atoms with Gasteiger partial charge in [-0.3, -0.25) is 0 Å². The van der Waals surface area contributed by atoms with Gasteiger partial charge in [0.15, 0.2) is 0 Å². The molecule has 1 heterocycles. The zero-order chi connectivity index (χ0) is 11.1. The largest absolute Gasteiger partial charge is 0.396 e. The summed E-state index contributed by atoms with van der Waals surface area (Å²) in [6.07, 6.45) is 2.46. The van der Waals surface area contributed by atoms with Crippen LogP contribution in [0, 0.1) is 5.92 Å². The fraction of sp³-hybridized carbons (Fsp3) is 1.00. The van der Waals surface area contributed by atoms with E-state index < -0.39 is 0 Å². The molecule has 1 unspecified atom stereocenters. The van der Waals surface area contributed by atoms with Crippen molar-refractivity contribution in [3.8, 4) is 0 Å². The maximum absolute atomic E-state index is 9.14. The van der Waals surface area contributed by atoms with Gasteiger partial charge in [-0.05, 0) is 38.4 Å². The third-order valence-electron chi connectivity index (χ3n) is 3.49. The predicted molar refractivity (Wildman–Crippen MR) is 64.0 cm³/mol. The Hall–Kier alpha value is -0.120. The van der Waals surface area contributed by atoms with Crippen LogP contribution in [-0.2, 0) is 0 Å². The van der Waals surface area contributed by atoms with Crippen LogP contribution in [-0.4, -0.2) is 60.8 Å². The van der Waals surface area contributed by atoms with E-state index in [4.69, 9.17) is 5.11 Å². The maximum atomic E-state index is 9.14. The highest BCUT2D eigenvalue weighted by Crippen LogP contribution is 2.15. The lowest BCUT2D eigenvalue weighted by molar-refractivity contribution is 0.110. The summed E-state index contributed by atoms with van der Waals surface area (Å²) in [6.45, 7) is 11.7. The molecule has 3 heteroatoms. The van der Waals surface area contributed by atoms with Crippen molar-refractivity contribution in [1.29, 1.82) is 0 Å². The van der Waals surface area contributed by atoms with Gasteiger partial charge < -0.3 is 14.9 Å². The minimum atomic E-state index is 0.363. The van der Waals surface area contributed by atoms with Gasteiger partial charge in [-0.25, -0.2) is 0 Å². The van der Waals surface area contributed by atoms with Crippen LogP contribution < -0.4 is 0 Å². The van der Waals surface area contributed by atoms with E-state index in [1.807, 2.05) is 0 Å². The zero-order valence-electron chi connectivity index (χ0n) is 10.3. The van der Waals surface area contributed by atoms with Crippen LogP contribution >= 0.6 is 0 Å². The van der Waals surface area contributed by atoms with Crippen molar-refractivity contribution in [3.05, 3.63) is 0 Å². The van der Waals surface area contributed by atoms with Gasteiger partial charge >= 0.3 is 0 Å². The summed E-state index contributed by atoms with van der Waals surface area (Å²) in [5.41, 5.74) is 0. The Morgan fingerprint density at radius 1 is 1.33 bits per heavy atom. The highest BCUT2D eigenvalue weighted by atomic mass is 16.3. The van der Waals surface area contributed by atoms with Gasteiger partial charge in [0, 0.05) is 26.2 Å². The first kappa shape index (κ1) is 12.9. The molecule has 1 atom stereocenters. The summed E-state index contributed by atoms with van der Waals surface area (Å²) in [5, 5.41) is 9.14. The van der Waals surface area contributed by atoms with Gasteiger partial charge in [-0.15, -0.1) is 0 Å². The Kier molecular flexibility index (Phi) is 6.22. The molecule has 90 valence electrons. The molecule has 15 heavy (non-hydrogen) atoms. The normalized spacial score (nSPS) is 23.6. The molecule has 0 aromatic carbocycles. The quantitative estimate of drug-likeness (QED) is 0.715. The monoisotopic (exact) mass is 214 g/mol. The fourth-order valence-electron chi connectivity index (χ4n) is 2.33. The number of likely N-dealkylation sites (tertiary alicyclic amines) is 1. The molecular weight excluding hydrogens is 188 g/mol. The lowest BCUT2D eigenvalue weighted by Crippen LogP contribution is -2.41. The molecule has 0 bridgehead atoms. The summed E-state index contributed by atoms with van der Waals surface area (Å²) in [4.78, 5) is 4.96. The van der Waals surface area contributed by atoms with E-state index in [0.29, 0.717) is 12.5 Å². The first-order valence-electron chi connectivity index (χ1n) is 6.35. The fourth-order valence-corrected chi connectivity index (χ4v) is 2.33. The van der Waals surface area contributed by atoms with Crippen molar-refractivity contribution in [2.24, 2.45) is 5.92 Å². The molecule has 1 N–H and O–H groups in total. The number of piperidine rings is 1. The molecule has 1 aliphatic rings. The molecule has 3 nitrogen and oxygen atoms in total. The molecule has 0 saturated carbocycles. The Bertz CT molecular complexity index is 160. The topological polar surface area (TPSA) is 26.7 Å². The molecular formula is C12H26N2O. The summed E-state index contributed by atoms with van der Waals surface area (Å²) in [5.74, 6) is 0.524. The van der Waals surface area contributed by atoms with E-state index in [-0.39, 0.29) is 0 Å². The van der Waals surface area contributed by atoms with Crippen LogP contribution in [0.4, 0.5) is 0 Å². The number of rotatable bonds is 6. The van der Waals surface area contributed by atoms with Crippen molar-refractivity contribution in [2.75, 3.05) is 45.9 Å². The second kappa shape index (κ2) is 7.20. The molecule has 1 fully saturated rings. The second-order valence-corrected chi connectivity index (χ2v) is 4.52. The van der Waals surface area contributed by atoms with Gasteiger partial charge in [0.25, 0.3) is 0 Å². The minimum absolute atomic E-state index is 0.363. The number of likely N-dealkylation sites (N-methyl/N-ethyl adjacent to an activating group) is 1. The van der Waals surface area contributed by atoms with Crippen LogP contribution in [0.15, 0.2) is 0 Å². The molecule has 1 rings (SSSR count). The van der Waals surface area contributed by atoms with Gasteiger partial charge in [0.1, 0.15) is 0 Å². The zero-order valence-corrected chi connectivity index (χ0v) is 10.3. The van der Waals surface area contributed by atoms with Crippen molar-refractivity contribution < 1.29 is 5.11 Å². The Labute approximate surface area is 94.1 Å². The number of nitrogens with zero attached hydrogens (tertiary/aromatic N) is 2. The van der Waals surface area contributed by atoms with Crippen LogP contribution in [0.5, 0.6) is 0 Å². The third kappa shape index (κ3) is 4.49. The Balaban J connectivity index is 2.20. The average molecular weight is 214 g/mol. The van der Waals surface area contributed by atoms with Gasteiger partial charge in [0.05, 0.1) is 0 Å². The molecule has 0 amide bonds. The van der Waals surface area contributed by atoms with Gasteiger partial charge in [-0.2, -0.15) is 0 Å². The second-order valence-electron chi connectivity index (χ2n) is 4.52. The molecule has 0 spiro atoms. The standard InChI is InChI=1S/C12H26N2O/c1-3-13(4-2)8-9-14-7-5-6-12(10-14)11-15/h12,15H,3-11H2,1-2H3. The molecule has 0 aliphatic carbocycles. The Morgan fingerprint density at radius 2 is 2.07 bits per heavy atom. The summed E-state index contributed by atoms with van der Waals surface area (Å²) >= 11 is 0. The highest BCUT2D eigenvalue weighted by Gasteiger charge is 2.18. The van der Waals surface area contributed by atoms with Crippen molar-refractivity contribution in [2.45, 2.75) is 26.7 Å². The van der Waals surface area contributed by atoms with E-state index in [2.05, 4.69) is 23.6 Å².